The third-order valence-corrected chi connectivity index (χ3v) is 7.83. The molecule has 0 unspecified atom stereocenters. The third-order valence-electron chi connectivity index (χ3n) is 5.78. The van der Waals surface area contributed by atoms with Crippen LogP contribution >= 0.6 is 11.6 Å². The van der Waals surface area contributed by atoms with E-state index in [4.69, 9.17) is 16.3 Å². The van der Waals surface area contributed by atoms with Crippen LogP contribution in [0, 0.1) is 12.8 Å². The molecule has 30 heavy (non-hydrogen) atoms. The van der Waals surface area contributed by atoms with E-state index in [1.54, 1.807) is 6.07 Å². The predicted molar refractivity (Wildman–Crippen MR) is 121 cm³/mol. The van der Waals surface area contributed by atoms with Gasteiger partial charge in [0.05, 0.1) is 28.2 Å². The lowest BCUT2D eigenvalue weighted by atomic mass is 9.98. The lowest BCUT2D eigenvalue weighted by molar-refractivity contribution is 0.414. The first-order chi connectivity index (χ1) is 14.3. The molecule has 158 valence electrons. The molecule has 1 fully saturated rings. The number of aryl methyl sites for hydroxylation is 1. The van der Waals surface area contributed by atoms with Crippen molar-refractivity contribution < 1.29 is 13.2 Å². The Morgan fingerprint density at radius 1 is 1.13 bits per heavy atom. The highest BCUT2D eigenvalue weighted by Gasteiger charge is 2.29. The van der Waals surface area contributed by atoms with Crippen LogP contribution in [0.2, 0.25) is 5.02 Å². The summed E-state index contributed by atoms with van der Waals surface area (Å²) < 4.78 is 32.5. The number of ether oxygens (including phenoxy) is 1. The molecule has 4 rings (SSSR count). The average molecular weight is 445 g/mol. The summed E-state index contributed by atoms with van der Waals surface area (Å²) >= 11 is 6.23. The molecule has 0 bridgehead atoms. The summed E-state index contributed by atoms with van der Waals surface area (Å²) in [5.74, 6) is 1.07. The normalized spacial score (nSPS) is 15.5. The van der Waals surface area contributed by atoms with E-state index in [0.29, 0.717) is 11.7 Å². The van der Waals surface area contributed by atoms with Gasteiger partial charge in [0.25, 0.3) is 0 Å². The van der Waals surface area contributed by atoms with E-state index in [1.165, 1.54) is 25.4 Å². The van der Waals surface area contributed by atoms with E-state index in [9.17, 15) is 8.42 Å². The molecule has 7 heteroatoms. The van der Waals surface area contributed by atoms with Crippen LogP contribution in [0.1, 0.15) is 25.3 Å². The van der Waals surface area contributed by atoms with Crippen molar-refractivity contribution in [3.63, 3.8) is 0 Å². The molecular weight excluding hydrogens is 420 g/mol. The molecule has 0 radical (unpaired) electrons. The van der Waals surface area contributed by atoms with Crippen LogP contribution in [0.3, 0.4) is 0 Å². The van der Waals surface area contributed by atoms with Gasteiger partial charge in [-0.25, -0.2) is 8.42 Å². The van der Waals surface area contributed by atoms with Gasteiger partial charge in [0, 0.05) is 24.7 Å². The summed E-state index contributed by atoms with van der Waals surface area (Å²) in [6.07, 6.45) is 3.55. The predicted octanol–water partition coefficient (Wildman–Crippen LogP) is 5.27. The average Bonchev–Trinajstić information content (AvgIpc) is 2.73. The highest BCUT2D eigenvalue weighted by atomic mass is 35.5. The maximum absolute atomic E-state index is 13.7. The molecule has 0 atom stereocenters. The minimum absolute atomic E-state index is 0.133. The molecule has 0 aliphatic carbocycles. The molecule has 0 N–H and O–H groups in total. The number of fused-ring (bicyclic) bond motifs is 1. The van der Waals surface area contributed by atoms with Crippen LogP contribution in [0.4, 0.5) is 5.69 Å². The molecule has 0 amide bonds. The second kappa shape index (κ2) is 8.08. The maximum Gasteiger partial charge on any atom is 0.210 e. The van der Waals surface area contributed by atoms with Crippen LogP contribution < -0.4 is 9.64 Å². The topological polar surface area (TPSA) is 59.5 Å². The number of rotatable bonds is 4. The first-order valence-corrected chi connectivity index (χ1v) is 11.9. The van der Waals surface area contributed by atoms with Gasteiger partial charge in [-0.1, -0.05) is 30.2 Å². The van der Waals surface area contributed by atoms with E-state index >= 15 is 0 Å². The Bertz CT molecular complexity index is 1200. The lowest BCUT2D eigenvalue weighted by Gasteiger charge is -2.34. The van der Waals surface area contributed by atoms with Crippen LogP contribution in [-0.4, -0.2) is 33.6 Å². The number of benzene rings is 2. The number of anilines is 1. The Morgan fingerprint density at radius 3 is 2.53 bits per heavy atom. The third kappa shape index (κ3) is 3.74. The Kier molecular flexibility index (Phi) is 5.64. The Hall–Kier alpha value is -2.31. The SMILES string of the molecule is COc1ccc(S(=O)(=O)c2cnc3ccc(C)cc3c2N2CCC(C)CC2)cc1Cl. The van der Waals surface area contributed by atoms with Crippen molar-refractivity contribution in [2.24, 2.45) is 5.92 Å². The number of hydrogen-bond donors (Lipinski definition) is 0. The minimum atomic E-state index is -3.83. The van der Waals surface area contributed by atoms with Gasteiger partial charge in [-0.3, -0.25) is 4.98 Å². The van der Waals surface area contributed by atoms with E-state index in [1.807, 2.05) is 25.1 Å². The van der Waals surface area contributed by atoms with Crippen LogP contribution in [0.5, 0.6) is 5.75 Å². The molecule has 1 aromatic heterocycles. The van der Waals surface area contributed by atoms with Gasteiger partial charge in [-0.2, -0.15) is 0 Å². The molecule has 2 heterocycles. The fourth-order valence-corrected chi connectivity index (χ4v) is 5.75. The molecule has 1 saturated heterocycles. The molecule has 2 aromatic carbocycles. The van der Waals surface area contributed by atoms with Crippen molar-refractivity contribution in [1.29, 1.82) is 0 Å². The summed E-state index contributed by atoms with van der Waals surface area (Å²) in [6.45, 7) is 5.88. The van der Waals surface area contributed by atoms with Crippen molar-refractivity contribution in [1.82, 2.24) is 4.98 Å². The zero-order valence-corrected chi connectivity index (χ0v) is 18.9. The fourth-order valence-electron chi connectivity index (χ4n) is 3.97. The number of sulfone groups is 1. The molecule has 3 aromatic rings. The van der Waals surface area contributed by atoms with Crippen molar-refractivity contribution in [2.45, 2.75) is 36.5 Å². The monoisotopic (exact) mass is 444 g/mol. The molecular formula is C23H25ClN2O3S. The van der Waals surface area contributed by atoms with Gasteiger partial charge in [-0.05, 0) is 56.0 Å². The Morgan fingerprint density at radius 2 is 1.87 bits per heavy atom. The largest absolute Gasteiger partial charge is 0.495 e. The van der Waals surface area contributed by atoms with Crippen molar-refractivity contribution in [3.8, 4) is 5.75 Å². The van der Waals surface area contributed by atoms with Crippen molar-refractivity contribution in [2.75, 3.05) is 25.1 Å². The van der Waals surface area contributed by atoms with E-state index in [2.05, 4.69) is 16.8 Å². The summed E-state index contributed by atoms with van der Waals surface area (Å²) in [7, 11) is -2.33. The zero-order valence-electron chi connectivity index (χ0n) is 17.4. The number of halogens is 1. The number of piperidine rings is 1. The molecule has 1 aliphatic heterocycles. The fraction of sp³-hybridized carbons (Fsp3) is 0.348. The molecule has 5 nitrogen and oxygen atoms in total. The number of pyridine rings is 1. The van der Waals surface area contributed by atoms with E-state index in [-0.39, 0.29) is 14.8 Å². The lowest BCUT2D eigenvalue weighted by Crippen LogP contribution is -2.34. The molecule has 0 saturated carbocycles. The summed E-state index contributed by atoms with van der Waals surface area (Å²) in [5, 5.41) is 1.13. The van der Waals surface area contributed by atoms with Gasteiger partial charge in [-0.15, -0.1) is 0 Å². The van der Waals surface area contributed by atoms with Gasteiger partial charge in [0.15, 0.2) is 0 Å². The highest BCUT2D eigenvalue weighted by molar-refractivity contribution is 7.91. The summed E-state index contributed by atoms with van der Waals surface area (Å²) in [6, 6.07) is 10.5. The van der Waals surface area contributed by atoms with E-state index in [0.717, 1.165) is 48.1 Å². The second-order valence-corrected chi connectivity index (χ2v) is 10.3. The Balaban J connectivity index is 1.93. The number of methoxy groups -OCH3 is 1. The molecule has 0 spiro atoms. The number of hydrogen-bond acceptors (Lipinski definition) is 5. The second-order valence-electron chi connectivity index (χ2n) is 7.96. The van der Waals surface area contributed by atoms with Crippen LogP contribution in [0.15, 0.2) is 52.4 Å². The molecule has 1 aliphatic rings. The number of aromatic nitrogens is 1. The van der Waals surface area contributed by atoms with E-state index < -0.39 is 9.84 Å². The maximum atomic E-state index is 13.7. The summed E-state index contributed by atoms with van der Waals surface area (Å²) in [4.78, 5) is 7.03. The van der Waals surface area contributed by atoms with Gasteiger partial charge >= 0.3 is 0 Å². The van der Waals surface area contributed by atoms with Gasteiger partial charge in [0.1, 0.15) is 10.6 Å². The summed E-state index contributed by atoms with van der Waals surface area (Å²) in [5.41, 5.74) is 2.60. The van der Waals surface area contributed by atoms with Crippen molar-refractivity contribution >= 4 is 38.0 Å². The minimum Gasteiger partial charge on any atom is -0.495 e. The van der Waals surface area contributed by atoms with Crippen LogP contribution in [0.25, 0.3) is 10.9 Å². The first-order valence-electron chi connectivity index (χ1n) is 10.0. The quantitative estimate of drug-likeness (QED) is 0.548. The van der Waals surface area contributed by atoms with Gasteiger partial charge < -0.3 is 9.64 Å². The Labute approximate surface area is 182 Å². The standard InChI is InChI=1S/C23H25ClN2O3S/c1-15-8-10-26(11-9-15)23-18-12-16(2)4-6-20(18)25-14-22(23)30(27,28)17-5-7-21(29-3)19(24)13-17/h4-7,12-15H,8-11H2,1-3H3. The van der Waals surface area contributed by atoms with Gasteiger partial charge in [0.2, 0.25) is 9.84 Å². The number of nitrogens with zero attached hydrogens (tertiary/aromatic N) is 2. The van der Waals surface area contributed by atoms with Crippen molar-refractivity contribution in [3.05, 3.63) is 53.2 Å². The highest BCUT2D eigenvalue weighted by Crippen LogP contribution is 2.39. The smallest absolute Gasteiger partial charge is 0.210 e. The first kappa shape index (κ1) is 20.9. The van der Waals surface area contributed by atoms with Crippen LogP contribution in [-0.2, 0) is 9.84 Å². The zero-order chi connectivity index (χ0) is 21.5.